The zero-order valence-electron chi connectivity index (χ0n) is 20.3. The van der Waals surface area contributed by atoms with Crippen LogP contribution in [0, 0.1) is 0 Å². The van der Waals surface area contributed by atoms with Crippen LogP contribution in [0.1, 0.15) is 43.4 Å². The predicted octanol–water partition coefficient (Wildman–Crippen LogP) is 6.39. The van der Waals surface area contributed by atoms with Crippen molar-refractivity contribution in [3.05, 3.63) is 89.5 Å². The number of ether oxygens (including phenoxy) is 3. The third kappa shape index (κ3) is 5.75. The third-order valence-corrected chi connectivity index (χ3v) is 6.08. The predicted molar refractivity (Wildman–Crippen MR) is 138 cm³/mol. The van der Waals surface area contributed by atoms with Gasteiger partial charge in [-0.2, -0.15) is 0 Å². The van der Waals surface area contributed by atoms with Gasteiger partial charge < -0.3 is 19.3 Å². The van der Waals surface area contributed by atoms with Crippen LogP contribution < -0.4 is 9.47 Å². The second kappa shape index (κ2) is 11.7. The summed E-state index contributed by atoms with van der Waals surface area (Å²) in [6, 6.07) is 22.2. The normalized spacial score (nSPS) is 13.8. The standard InChI is InChI=1S/C30H32O5/c1-3-5-18-35-27-12-8-11-26-24(23-9-6-7-10-25(23)29(26)27)17-19-34-22-15-13-21(14-16-22)20-28(30(31)32)33-4-2/h6-17,28H,3-5,18-20H2,1-2H3,(H,31,32). The van der Waals surface area contributed by atoms with E-state index in [1.165, 1.54) is 11.1 Å². The highest BCUT2D eigenvalue weighted by molar-refractivity contribution is 6.03. The summed E-state index contributed by atoms with van der Waals surface area (Å²) in [5.41, 5.74) is 6.72. The molecule has 0 saturated heterocycles. The van der Waals surface area contributed by atoms with Crippen molar-refractivity contribution in [2.24, 2.45) is 0 Å². The zero-order valence-corrected chi connectivity index (χ0v) is 20.3. The Kier molecular flexibility index (Phi) is 8.22. The fraction of sp³-hybridized carbons (Fsp3) is 0.300. The molecule has 1 atom stereocenters. The number of carbonyl (C=O) groups is 1. The highest BCUT2D eigenvalue weighted by atomic mass is 16.5. The number of hydrogen-bond donors (Lipinski definition) is 1. The molecule has 0 aliphatic heterocycles. The van der Waals surface area contributed by atoms with Crippen molar-refractivity contribution in [2.45, 2.75) is 39.2 Å². The van der Waals surface area contributed by atoms with Crippen LogP contribution in [0.25, 0.3) is 16.7 Å². The summed E-state index contributed by atoms with van der Waals surface area (Å²) in [5.74, 6) is 0.710. The van der Waals surface area contributed by atoms with Crippen molar-refractivity contribution < 1.29 is 24.1 Å². The number of carboxylic acids is 1. The molecule has 0 bridgehead atoms. The first-order valence-corrected chi connectivity index (χ1v) is 12.2. The fourth-order valence-corrected chi connectivity index (χ4v) is 4.36. The lowest BCUT2D eigenvalue weighted by Crippen LogP contribution is -2.26. The molecule has 3 aromatic carbocycles. The molecule has 0 fully saturated rings. The molecule has 0 saturated carbocycles. The molecule has 0 spiro atoms. The largest absolute Gasteiger partial charge is 0.493 e. The number of unbranched alkanes of at least 4 members (excludes halogenated alkanes) is 1. The third-order valence-electron chi connectivity index (χ3n) is 6.08. The monoisotopic (exact) mass is 472 g/mol. The molecule has 3 aromatic rings. The van der Waals surface area contributed by atoms with Gasteiger partial charge in [0.2, 0.25) is 0 Å². The van der Waals surface area contributed by atoms with Gasteiger partial charge in [0.15, 0.2) is 6.10 Å². The Morgan fingerprint density at radius 3 is 2.37 bits per heavy atom. The molecule has 4 rings (SSSR count). The number of carboxylic acid groups (broad SMARTS) is 1. The molecular weight excluding hydrogens is 440 g/mol. The molecule has 1 aliphatic rings. The zero-order chi connectivity index (χ0) is 24.6. The molecule has 0 amide bonds. The highest BCUT2D eigenvalue weighted by Gasteiger charge is 2.26. The second-order valence-corrected chi connectivity index (χ2v) is 8.49. The number of hydrogen-bond acceptors (Lipinski definition) is 4. The van der Waals surface area contributed by atoms with Crippen LogP contribution in [0.15, 0.2) is 72.8 Å². The summed E-state index contributed by atoms with van der Waals surface area (Å²) < 4.78 is 17.4. The summed E-state index contributed by atoms with van der Waals surface area (Å²) in [6.45, 7) is 5.45. The van der Waals surface area contributed by atoms with Gasteiger partial charge in [-0.05, 0) is 65.4 Å². The summed E-state index contributed by atoms with van der Waals surface area (Å²) in [4.78, 5) is 11.3. The molecule has 1 unspecified atom stereocenters. The topological polar surface area (TPSA) is 65.0 Å². The van der Waals surface area contributed by atoms with E-state index in [1.807, 2.05) is 36.4 Å². The van der Waals surface area contributed by atoms with Gasteiger partial charge in [0, 0.05) is 18.6 Å². The van der Waals surface area contributed by atoms with Crippen LogP contribution in [0.3, 0.4) is 0 Å². The quantitative estimate of drug-likeness (QED) is 0.242. The molecular formula is C30H32O5. The van der Waals surface area contributed by atoms with E-state index in [0.717, 1.165) is 46.6 Å². The maximum absolute atomic E-state index is 11.3. The highest BCUT2D eigenvalue weighted by Crippen LogP contribution is 2.48. The summed E-state index contributed by atoms with van der Waals surface area (Å²) in [5, 5.41) is 9.29. The molecule has 1 aliphatic carbocycles. The van der Waals surface area contributed by atoms with Crippen molar-refractivity contribution in [1.82, 2.24) is 0 Å². The number of aliphatic carboxylic acids is 1. The van der Waals surface area contributed by atoms with Gasteiger partial charge in [0.05, 0.1) is 6.61 Å². The Bertz CT molecular complexity index is 1180. The number of fused-ring (bicyclic) bond motifs is 3. The van der Waals surface area contributed by atoms with Crippen LogP contribution in [-0.4, -0.2) is 37.0 Å². The first kappa shape index (κ1) is 24.6. The van der Waals surface area contributed by atoms with Crippen LogP contribution in [0.2, 0.25) is 0 Å². The van der Waals surface area contributed by atoms with Gasteiger partial charge in [-0.3, -0.25) is 0 Å². The van der Waals surface area contributed by atoms with E-state index in [-0.39, 0.29) is 0 Å². The molecule has 0 aromatic heterocycles. The van der Waals surface area contributed by atoms with E-state index < -0.39 is 12.1 Å². The SMILES string of the molecule is CCCCOc1cccc2c1-c1ccccc1C2=CCOc1ccc(CC(OCC)C(=O)O)cc1. The number of rotatable bonds is 12. The molecule has 0 heterocycles. The van der Waals surface area contributed by atoms with Crippen LogP contribution >= 0.6 is 0 Å². The van der Waals surface area contributed by atoms with Crippen LogP contribution in [0.5, 0.6) is 11.5 Å². The summed E-state index contributed by atoms with van der Waals surface area (Å²) >= 11 is 0. The van der Waals surface area contributed by atoms with Crippen molar-refractivity contribution in [3.63, 3.8) is 0 Å². The minimum atomic E-state index is -0.949. The van der Waals surface area contributed by atoms with Gasteiger partial charge in [0.25, 0.3) is 0 Å². The van der Waals surface area contributed by atoms with Crippen molar-refractivity contribution in [2.75, 3.05) is 19.8 Å². The average molecular weight is 473 g/mol. The molecule has 5 nitrogen and oxygen atoms in total. The van der Waals surface area contributed by atoms with Gasteiger partial charge in [0.1, 0.15) is 18.1 Å². The Balaban J connectivity index is 1.48. The van der Waals surface area contributed by atoms with Crippen molar-refractivity contribution in [3.8, 4) is 22.6 Å². The van der Waals surface area contributed by atoms with E-state index in [2.05, 4.69) is 43.3 Å². The van der Waals surface area contributed by atoms with Crippen LogP contribution in [-0.2, 0) is 16.0 Å². The Labute approximate surface area is 207 Å². The Hall–Kier alpha value is -3.57. The van der Waals surface area contributed by atoms with Gasteiger partial charge in [-0.15, -0.1) is 0 Å². The lowest BCUT2D eigenvalue weighted by Gasteiger charge is -2.13. The molecule has 182 valence electrons. The molecule has 5 heteroatoms. The van der Waals surface area contributed by atoms with E-state index in [0.29, 0.717) is 26.2 Å². The smallest absolute Gasteiger partial charge is 0.333 e. The maximum Gasteiger partial charge on any atom is 0.333 e. The lowest BCUT2D eigenvalue weighted by molar-refractivity contribution is -0.149. The van der Waals surface area contributed by atoms with Gasteiger partial charge in [-0.25, -0.2) is 4.79 Å². The van der Waals surface area contributed by atoms with Gasteiger partial charge >= 0.3 is 5.97 Å². The first-order valence-electron chi connectivity index (χ1n) is 12.2. The first-order chi connectivity index (χ1) is 17.1. The fourth-order valence-electron chi connectivity index (χ4n) is 4.36. The van der Waals surface area contributed by atoms with Crippen LogP contribution in [0.4, 0.5) is 0 Å². The summed E-state index contributed by atoms with van der Waals surface area (Å²) in [7, 11) is 0. The minimum absolute atomic E-state index is 0.323. The van der Waals surface area contributed by atoms with Crippen molar-refractivity contribution in [1.29, 1.82) is 0 Å². The lowest BCUT2D eigenvalue weighted by atomic mass is 10.0. The Morgan fingerprint density at radius 2 is 1.66 bits per heavy atom. The van der Waals surface area contributed by atoms with E-state index in [1.54, 1.807) is 6.92 Å². The average Bonchev–Trinajstić information content (AvgIpc) is 3.19. The second-order valence-electron chi connectivity index (χ2n) is 8.49. The molecule has 35 heavy (non-hydrogen) atoms. The van der Waals surface area contributed by atoms with E-state index in [9.17, 15) is 9.90 Å². The molecule has 0 radical (unpaired) electrons. The summed E-state index contributed by atoms with van der Waals surface area (Å²) in [6.07, 6.45) is 3.73. The maximum atomic E-state index is 11.3. The van der Waals surface area contributed by atoms with Gasteiger partial charge in [-0.1, -0.05) is 61.9 Å². The van der Waals surface area contributed by atoms with E-state index >= 15 is 0 Å². The number of benzene rings is 3. The molecule has 1 N–H and O–H groups in total. The van der Waals surface area contributed by atoms with Crippen molar-refractivity contribution >= 4 is 11.5 Å². The van der Waals surface area contributed by atoms with E-state index in [4.69, 9.17) is 14.2 Å². The Morgan fingerprint density at radius 1 is 0.914 bits per heavy atom. The minimum Gasteiger partial charge on any atom is -0.493 e.